The fourth-order valence-electron chi connectivity index (χ4n) is 3.53. The molecular formula is C18H20F2N4O2. The van der Waals surface area contributed by atoms with Gasteiger partial charge in [-0.05, 0) is 23.8 Å². The molecule has 26 heavy (non-hydrogen) atoms. The molecule has 1 fully saturated rings. The SMILES string of the molecule is COc1ccc(CN2Cc3ccnn3[C@@H](C(=O)N3CC(F)(F)C3)C2)cc1. The summed E-state index contributed by atoms with van der Waals surface area (Å²) in [7, 11) is 1.62. The number of carbonyl (C=O) groups is 1. The summed E-state index contributed by atoms with van der Waals surface area (Å²) < 4.78 is 33.1. The molecule has 1 saturated heterocycles. The zero-order valence-corrected chi connectivity index (χ0v) is 14.4. The van der Waals surface area contributed by atoms with Crippen molar-refractivity contribution in [2.24, 2.45) is 0 Å². The summed E-state index contributed by atoms with van der Waals surface area (Å²) in [6.45, 7) is 0.761. The number of methoxy groups -OCH3 is 1. The van der Waals surface area contributed by atoms with Crippen molar-refractivity contribution in [3.05, 3.63) is 47.8 Å². The lowest BCUT2D eigenvalue weighted by Crippen LogP contribution is -2.61. The summed E-state index contributed by atoms with van der Waals surface area (Å²) in [5.41, 5.74) is 2.01. The molecular weight excluding hydrogens is 342 g/mol. The highest BCUT2D eigenvalue weighted by Crippen LogP contribution is 2.31. The maximum absolute atomic E-state index is 13.1. The van der Waals surface area contributed by atoms with E-state index in [1.807, 2.05) is 30.3 Å². The Kier molecular flexibility index (Phi) is 4.14. The van der Waals surface area contributed by atoms with Crippen LogP contribution in [0.4, 0.5) is 8.78 Å². The normalized spacial score (nSPS) is 21.8. The van der Waals surface area contributed by atoms with Gasteiger partial charge in [0.05, 0.1) is 25.9 Å². The Morgan fingerprint density at radius 1 is 1.27 bits per heavy atom. The Morgan fingerprint density at radius 3 is 2.65 bits per heavy atom. The minimum atomic E-state index is -2.76. The maximum atomic E-state index is 13.1. The van der Waals surface area contributed by atoms with Gasteiger partial charge in [-0.3, -0.25) is 14.4 Å². The van der Waals surface area contributed by atoms with Crippen LogP contribution in [0.3, 0.4) is 0 Å². The second-order valence-corrected chi connectivity index (χ2v) is 6.85. The molecule has 4 rings (SSSR count). The number of alkyl halides is 2. The molecule has 2 aliphatic heterocycles. The molecule has 0 unspecified atom stereocenters. The number of benzene rings is 1. The van der Waals surface area contributed by atoms with Crippen molar-refractivity contribution in [1.29, 1.82) is 0 Å². The monoisotopic (exact) mass is 362 g/mol. The average molecular weight is 362 g/mol. The second kappa shape index (κ2) is 6.35. The van der Waals surface area contributed by atoms with E-state index in [1.165, 1.54) is 4.90 Å². The Bertz CT molecular complexity index is 798. The maximum Gasteiger partial charge on any atom is 0.282 e. The molecule has 0 radical (unpaired) electrons. The molecule has 1 amide bonds. The molecule has 3 heterocycles. The van der Waals surface area contributed by atoms with Crippen LogP contribution in [-0.2, 0) is 17.9 Å². The summed E-state index contributed by atoms with van der Waals surface area (Å²) in [6.07, 6.45) is 1.65. The zero-order chi connectivity index (χ0) is 18.3. The number of hydrogen-bond donors (Lipinski definition) is 0. The van der Waals surface area contributed by atoms with Crippen LogP contribution in [0.15, 0.2) is 36.5 Å². The Balaban J connectivity index is 1.49. The van der Waals surface area contributed by atoms with Crippen LogP contribution in [0.2, 0.25) is 0 Å². The third-order valence-corrected chi connectivity index (χ3v) is 4.87. The molecule has 138 valence electrons. The first kappa shape index (κ1) is 17.0. The number of ether oxygens (including phenoxy) is 1. The van der Waals surface area contributed by atoms with Crippen molar-refractivity contribution in [3.63, 3.8) is 0 Å². The number of fused-ring (bicyclic) bond motifs is 1. The molecule has 1 aromatic carbocycles. The molecule has 0 bridgehead atoms. The van der Waals surface area contributed by atoms with Crippen LogP contribution >= 0.6 is 0 Å². The number of likely N-dealkylation sites (tertiary alicyclic amines) is 1. The third kappa shape index (κ3) is 3.16. The molecule has 2 aliphatic rings. The quantitative estimate of drug-likeness (QED) is 0.834. The molecule has 0 aliphatic carbocycles. The highest BCUT2D eigenvalue weighted by molar-refractivity contribution is 5.82. The lowest BCUT2D eigenvalue weighted by Gasteiger charge is -2.42. The van der Waals surface area contributed by atoms with Gasteiger partial charge in [0.1, 0.15) is 11.8 Å². The van der Waals surface area contributed by atoms with E-state index in [9.17, 15) is 13.6 Å². The first-order valence-corrected chi connectivity index (χ1v) is 8.49. The van der Waals surface area contributed by atoms with Gasteiger partial charge in [-0.2, -0.15) is 5.10 Å². The predicted octanol–water partition coefficient (Wildman–Crippen LogP) is 1.93. The molecule has 1 aromatic heterocycles. The summed E-state index contributed by atoms with van der Waals surface area (Å²) in [4.78, 5) is 16.1. The fraction of sp³-hybridized carbons (Fsp3) is 0.444. The van der Waals surface area contributed by atoms with E-state index < -0.39 is 25.1 Å². The highest BCUT2D eigenvalue weighted by atomic mass is 19.3. The van der Waals surface area contributed by atoms with Crippen molar-refractivity contribution >= 4 is 5.91 Å². The zero-order valence-electron chi connectivity index (χ0n) is 14.4. The van der Waals surface area contributed by atoms with Crippen molar-refractivity contribution in [2.45, 2.75) is 25.1 Å². The van der Waals surface area contributed by atoms with E-state index >= 15 is 0 Å². The van der Waals surface area contributed by atoms with Crippen molar-refractivity contribution in [2.75, 3.05) is 26.7 Å². The molecule has 1 atom stereocenters. The number of hydrogen-bond acceptors (Lipinski definition) is 4. The minimum Gasteiger partial charge on any atom is -0.497 e. The smallest absolute Gasteiger partial charge is 0.282 e. The third-order valence-electron chi connectivity index (χ3n) is 4.87. The van der Waals surface area contributed by atoms with Gasteiger partial charge in [0, 0.05) is 25.8 Å². The van der Waals surface area contributed by atoms with Crippen LogP contribution in [0.25, 0.3) is 0 Å². The van der Waals surface area contributed by atoms with E-state index in [4.69, 9.17) is 4.74 Å². The van der Waals surface area contributed by atoms with E-state index in [0.717, 1.165) is 17.0 Å². The Morgan fingerprint density at radius 2 is 2.00 bits per heavy atom. The van der Waals surface area contributed by atoms with Crippen LogP contribution in [0.1, 0.15) is 17.3 Å². The van der Waals surface area contributed by atoms with Crippen molar-refractivity contribution in [1.82, 2.24) is 19.6 Å². The summed E-state index contributed by atoms with van der Waals surface area (Å²) in [5.74, 6) is -2.27. The molecule has 0 spiro atoms. The van der Waals surface area contributed by atoms with Gasteiger partial charge >= 0.3 is 0 Å². The minimum absolute atomic E-state index is 0.291. The van der Waals surface area contributed by atoms with Gasteiger partial charge in [0.25, 0.3) is 5.92 Å². The van der Waals surface area contributed by atoms with Crippen LogP contribution in [0.5, 0.6) is 5.75 Å². The molecule has 0 saturated carbocycles. The number of carbonyl (C=O) groups excluding carboxylic acids is 1. The van der Waals surface area contributed by atoms with Gasteiger partial charge < -0.3 is 9.64 Å². The number of amides is 1. The number of halogens is 2. The summed E-state index contributed by atoms with van der Waals surface area (Å²) in [6, 6.07) is 9.06. The van der Waals surface area contributed by atoms with Gasteiger partial charge in [-0.25, -0.2) is 8.78 Å². The van der Waals surface area contributed by atoms with Gasteiger partial charge in [-0.1, -0.05) is 12.1 Å². The topological polar surface area (TPSA) is 50.6 Å². The largest absolute Gasteiger partial charge is 0.497 e. The predicted molar refractivity (Wildman–Crippen MR) is 89.9 cm³/mol. The van der Waals surface area contributed by atoms with Gasteiger partial charge in [-0.15, -0.1) is 0 Å². The van der Waals surface area contributed by atoms with Crippen LogP contribution in [0, 0.1) is 0 Å². The fourth-order valence-corrected chi connectivity index (χ4v) is 3.53. The number of rotatable bonds is 4. The second-order valence-electron chi connectivity index (χ2n) is 6.85. The van der Waals surface area contributed by atoms with Crippen molar-refractivity contribution in [3.8, 4) is 5.75 Å². The lowest BCUT2D eigenvalue weighted by molar-refractivity contribution is -0.170. The Labute approximate surface area is 149 Å². The number of nitrogens with zero attached hydrogens (tertiary/aromatic N) is 4. The molecule has 2 aromatic rings. The molecule has 8 heteroatoms. The molecule has 6 nitrogen and oxygen atoms in total. The molecule has 0 N–H and O–H groups in total. The average Bonchev–Trinajstić information content (AvgIpc) is 3.07. The van der Waals surface area contributed by atoms with E-state index in [1.54, 1.807) is 18.0 Å². The standard InChI is InChI=1S/C18H20F2N4O2/c1-26-15-4-2-13(3-5-15)8-22-9-14-6-7-21-24(14)16(10-22)17(25)23-11-18(19,20)12-23/h2-7,16H,8-12H2,1H3/t16-/m1/s1. The summed E-state index contributed by atoms with van der Waals surface area (Å²) >= 11 is 0. The van der Waals surface area contributed by atoms with E-state index in [0.29, 0.717) is 19.6 Å². The first-order valence-electron chi connectivity index (χ1n) is 8.49. The van der Waals surface area contributed by atoms with Crippen LogP contribution < -0.4 is 4.74 Å². The van der Waals surface area contributed by atoms with E-state index in [-0.39, 0.29) is 5.91 Å². The highest BCUT2D eigenvalue weighted by Gasteiger charge is 2.48. The van der Waals surface area contributed by atoms with Gasteiger partial charge in [0.15, 0.2) is 0 Å². The Hall–Kier alpha value is -2.48. The lowest BCUT2D eigenvalue weighted by atomic mass is 10.1. The summed E-state index contributed by atoms with van der Waals surface area (Å²) in [5, 5.41) is 4.24. The number of aromatic nitrogens is 2. The first-order chi connectivity index (χ1) is 12.4. The van der Waals surface area contributed by atoms with Crippen molar-refractivity contribution < 1.29 is 18.3 Å². The van der Waals surface area contributed by atoms with Gasteiger partial charge in [0.2, 0.25) is 5.91 Å². The van der Waals surface area contributed by atoms with E-state index in [2.05, 4.69) is 10.00 Å². The van der Waals surface area contributed by atoms with Crippen LogP contribution in [-0.4, -0.2) is 58.2 Å².